The summed E-state index contributed by atoms with van der Waals surface area (Å²) in [6.07, 6.45) is 22.6. The van der Waals surface area contributed by atoms with Gasteiger partial charge >= 0.3 is 0 Å². The molecule has 0 aromatic heterocycles. The van der Waals surface area contributed by atoms with Crippen molar-refractivity contribution in [2.45, 2.75) is 115 Å². The van der Waals surface area contributed by atoms with Crippen molar-refractivity contribution in [3.05, 3.63) is 41.5 Å². The van der Waals surface area contributed by atoms with Crippen molar-refractivity contribution in [2.24, 2.45) is 11.8 Å². The Morgan fingerprint density at radius 2 is 1.73 bits per heavy atom. The first kappa shape index (κ1) is 22.0. The van der Waals surface area contributed by atoms with Crippen molar-refractivity contribution < 1.29 is 4.74 Å². The summed E-state index contributed by atoms with van der Waals surface area (Å²) in [7, 11) is 1.92. The Morgan fingerprint density at radius 3 is 2.30 bits per heavy atom. The van der Waals surface area contributed by atoms with Gasteiger partial charge in [-0.3, -0.25) is 0 Å². The summed E-state index contributed by atoms with van der Waals surface area (Å²) in [5.74, 6) is 3.80. The zero-order chi connectivity index (χ0) is 21.0. The average Bonchev–Trinajstić information content (AvgIpc) is 2.75. The van der Waals surface area contributed by atoms with Gasteiger partial charge in [-0.05, 0) is 68.3 Å². The minimum absolute atomic E-state index is 0.342. The topological polar surface area (TPSA) is 9.23 Å². The lowest BCUT2D eigenvalue weighted by Gasteiger charge is -2.48. The smallest absolute Gasteiger partial charge is 0.126 e. The predicted molar refractivity (Wildman–Crippen MR) is 129 cm³/mol. The molecular formula is C29H44O. The Morgan fingerprint density at radius 1 is 1.00 bits per heavy atom. The van der Waals surface area contributed by atoms with Crippen LogP contribution in [-0.4, -0.2) is 7.11 Å². The van der Waals surface area contributed by atoms with Gasteiger partial charge in [0.15, 0.2) is 0 Å². The van der Waals surface area contributed by atoms with E-state index in [0.717, 1.165) is 24.2 Å². The van der Waals surface area contributed by atoms with E-state index in [0.29, 0.717) is 5.41 Å². The molecule has 3 aliphatic rings. The van der Waals surface area contributed by atoms with Gasteiger partial charge in [-0.2, -0.15) is 0 Å². The van der Waals surface area contributed by atoms with E-state index >= 15 is 0 Å². The second-order valence-electron chi connectivity index (χ2n) is 10.6. The van der Waals surface area contributed by atoms with Gasteiger partial charge in [0, 0.05) is 16.5 Å². The number of hydrogen-bond donors (Lipinski definition) is 0. The van der Waals surface area contributed by atoms with Crippen LogP contribution in [0, 0.1) is 11.8 Å². The molecule has 0 spiro atoms. The molecule has 0 bridgehead atoms. The standard InChI is InChI=1S/C29H44O/c1-4-10-22-14-16-24(17-15-22)29(20-7-6-8-21-29)27-19-18-25(23-12-9-13-23)26(11-5-2)28(27)30-3/h5,18-19,22-24H,2,4,6-17,20-21H2,1,3H3. The van der Waals surface area contributed by atoms with Crippen LogP contribution in [0.2, 0.25) is 0 Å². The van der Waals surface area contributed by atoms with Gasteiger partial charge in [0.2, 0.25) is 0 Å². The van der Waals surface area contributed by atoms with E-state index in [-0.39, 0.29) is 0 Å². The molecule has 1 aromatic carbocycles. The summed E-state index contributed by atoms with van der Waals surface area (Å²) in [4.78, 5) is 0. The number of ether oxygens (including phenoxy) is 1. The van der Waals surface area contributed by atoms with Crippen LogP contribution in [0.5, 0.6) is 5.75 Å². The molecule has 1 nitrogen and oxygen atoms in total. The van der Waals surface area contributed by atoms with Crippen LogP contribution in [0.25, 0.3) is 0 Å². The lowest BCUT2D eigenvalue weighted by atomic mass is 9.57. The molecule has 0 heterocycles. The normalized spacial score (nSPS) is 26.7. The van der Waals surface area contributed by atoms with E-state index in [2.05, 4.69) is 31.7 Å². The van der Waals surface area contributed by atoms with Crippen LogP contribution in [-0.2, 0) is 11.8 Å². The van der Waals surface area contributed by atoms with Crippen molar-refractivity contribution in [1.29, 1.82) is 0 Å². The molecule has 0 aliphatic heterocycles. The van der Waals surface area contributed by atoms with Crippen LogP contribution in [0.3, 0.4) is 0 Å². The molecule has 30 heavy (non-hydrogen) atoms. The van der Waals surface area contributed by atoms with E-state index in [1.807, 2.05) is 7.11 Å². The third kappa shape index (κ3) is 4.11. The summed E-state index contributed by atoms with van der Waals surface area (Å²) in [6, 6.07) is 5.02. The summed E-state index contributed by atoms with van der Waals surface area (Å²) in [6.45, 7) is 6.45. The van der Waals surface area contributed by atoms with E-state index in [1.165, 1.54) is 101 Å². The van der Waals surface area contributed by atoms with Gasteiger partial charge in [0.25, 0.3) is 0 Å². The summed E-state index contributed by atoms with van der Waals surface area (Å²) < 4.78 is 6.27. The Labute approximate surface area is 185 Å². The van der Waals surface area contributed by atoms with Crippen molar-refractivity contribution in [3.63, 3.8) is 0 Å². The minimum atomic E-state index is 0.342. The molecular weight excluding hydrogens is 364 g/mol. The molecule has 3 aliphatic carbocycles. The predicted octanol–water partition coefficient (Wildman–Crippen LogP) is 8.50. The summed E-state index contributed by atoms with van der Waals surface area (Å²) >= 11 is 0. The maximum Gasteiger partial charge on any atom is 0.126 e. The maximum atomic E-state index is 6.27. The van der Waals surface area contributed by atoms with Crippen LogP contribution in [0.4, 0.5) is 0 Å². The second kappa shape index (κ2) is 9.92. The molecule has 1 aromatic rings. The minimum Gasteiger partial charge on any atom is -0.496 e. The molecule has 0 N–H and O–H groups in total. The Kier molecular flexibility index (Phi) is 7.27. The fourth-order valence-corrected chi connectivity index (χ4v) is 7.22. The summed E-state index contributed by atoms with van der Waals surface area (Å²) in [5.41, 5.74) is 4.91. The largest absolute Gasteiger partial charge is 0.496 e. The third-order valence-electron chi connectivity index (χ3n) is 9.00. The number of methoxy groups -OCH3 is 1. The molecule has 3 saturated carbocycles. The molecule has 0 unspecified atom stereocenters. The zero-order valence-corrected chi connectivity index (χ0v) is 19.7. The van der Waals surface area contributed by atoms with E-state index in [1.54, 1.807) is 11.1 Å². The van der Waals surface area contributed by atoms with Gasteiger partial charge < -0.3 is 4.74 Å². The SMILES string of the molecule is C=CCc1c(C2CCC2)ccc(C2(C3CCC(CCC)CC3)CCCCC2)c1OC. The average molecular weight is 409 g/mol. The van der Waals surface area contributed by atoms with Crippen LogP contribution < -0.4 is 4.74 Å². The van der Waals surface area contributed by atoms with E-state index in [9.17, 15) is 0 Å². The van der Waals surface area contributed by atoms with Gasteiger partial charge in [-0.1, -0.05) is 76.5 Å². The molecule has 3 fully saturated rings. The van der Waals surface area contributed by atoms with Gasteiger partial charge in [-0.15, -0.1) is 6.58 Å². The van der Waals surface area contributed by atoms with Crippen molar-refractivity contribution in [3.8, 4) is 5.75 Å². The Hall–Kier alpha value is -1.24. The first-order valence-corrected chi connectivity index (χ1v) is 13.0. The Balaban J connectivity index is 1.72. The number of allylic oxidation sites excluding steroid dienone is 1. The van der Waals surface area contributed by atoms with Crippen LogP contribution >= 0.6 is 0 Å². The molecule has 0 amide bonds. The highest BCUT2D eigenvalue weighted by Crippen LogP contribution is 2.55. The molecule has 0 atom stereocenters. The van der Waals surface area contributed by atoms with E-state index in [4.69, 9.17) is 4.74 Å². The molecule has 0 radical (unpaired) electrons. The lowest BCUT2D eigenvalue weighted by molar-refractivity contribution is 0.122. The monoisotopic (exact) mass is 408 g/mol. The molecule has 0 saturated heterocycles. The second-order valence-corrected chi connectivity index (χ2v) is 10.6. The third-order valence-corrected chi connectivity index (χ3v) is 9.00. The van der Waals surface area contributed by atoms with Crippen molar-refractivity contribution in [1.82, 2.24) is 0 Å². The number of hydrogen-bond acceptors (Lipinski definition) is 1. The highest BCUT2D eigenvalue weighted by atomic mass is 16.5. The van der Waals surface area contributed by atoms with E-state index < -0.39 is 0 Å². The van der Waals surface area contributed by atoms with Crippen LogP contribution in [0.1, 0.15) is 119 Å². The van der Waals surface area contributed by atoms with Crippen LogP contribution in [0.15, 0.2) is 24.8 Å². The zero-order valence-electron chi connectivity index (χ0n) is 19.7. The van der Waals surface area contributed by atoms with Gasteiger partial charge in [0.05, 0.1) is 7.11 Å². The summed E-state index contributed by atoms with van der Waals surface area (Å²) in [5, 5.41) is 0. The quantitative estimate of drug-likeness (QED) is 0.392. The number of rotatable bonds is 8. The van der Waals surface area contributed by atoms with Crippen molar-refractivity contribution in [2.75, 3.05) is 7.11 Å². The maximum absolute atomic E-state index is 6.27. The fraction of sp³-hybridized carbons (Fsp3) is 0.724. The molecule has 4 rings (SSSR count). The first-order valence-electron chi connectivity index (χ1n) is 13.0. The fourth-order valence-electron chi connectivity index (χ4n) is 7.22. The van der Waals surface area contributed by atoms with Gasteiger partial charge in [-0.25, -0.2) is 0 Å². The first-order chi connectivity index (χ1) is 14.7. The molecule has 166 valence electrons. The lowest BCUT2D eigenvalue weighted by Crippen LogP contribution is -2.40. The van der Waals surface area contributed by atoms with Crippen molar-refractivity contribution >= 4 is 0 Å². The number of benzene rings is 1. The highest BCUT2D eigenvalue weighted by molar-refractivity contribution is 5.53. The molecule has 1 heteroatoms. The van der Waals surface area contributed by atoms with Gasteiger partial charge in [0.1, 0.15) is 5.75 Å². The Bertz CT molecular complexity index is 699. The highest BCUT2D eigenvalue weighted by Gasteiger charge is 2.44.